The number of fused-ring (bicyclic) bond motifs is 3. The zero-order valence-electron chi connectivity index (χ0n) is 18.7. The van der Waals surface area contributed by atoms with Gasteiger partial charge in [0.15, 0.2) is 0 Å². The molecule has 1 aliphatic carbocycles. The largest absolute Gasteiger partial charge is 0.495 e. The van der Waals surface area contributed by atoms with E-state index in [4.69, 9.17) is 4.74 Å². The predicted octanol–water partition coefficient (Wildman–Crippen LogP) is 5.31. The summed E-state index contributed by atoms with van der Waals surface area (Å²) in [4.78, 5) is 32.5. The molecule has 0 saturated heterocycles. The van der Waals surface area contributed by atoms with Crippen molar-refractivity contribution in [2.75, 3.05) is 7.11 Å². The first-order valence-corrected chi connectivity index (χ1v) is 13.9. The van der Waals surface area contributed by atoms with Crippen LogP contribution in [0.25, 0.3) is 15.9 Å². The number of aryl methyl sites for hydroxylation is 2. The molecule has 0 spiro atoms. The molecule has 0 atom stereocenters. The van der Waals surface area contributed by atoms with Crippen molar-refractivity contribution >= 4 is 78.9 Å². The van der Waals surface area contributed by atoms with Crippen LogP contribution in [0.1, 0.15) is 39.2 Å². The predicted molar refractivity (Wildman–Crippen MR) is 155 cm³/mol. The smallest absolute Gasteiger partial charge is 0.271 e. The minimum Gasteiger partial charge on any atom is -0.495 e. The van der Waals surface area contributed by atoms with Crippen molar-refractivity contribution in [2.45, 2.75) is 25.7 Å². The highest BCUT2D eigenvalue weighted by Gasteiger charge is 2.20. The van der Waals surface area contributed by atoms with Crippen molar-refractivity contribution in [1.82, 2.24) is 15.0 Å². The van der Waals surface area contributed by atoms with Gasteiger partial charge in [-0.05, 0) is 118 Å². The van der Waals surface area contributed by atoms with Crippen LogP contribution in [0.4, 0.5) is 0 Å². The average Bonchev–Trinajstić information content (AvgIpc) is 3.24. The molecule has 0 bridgehead atoms. The molecule has 0 aliphatic heterocycles. The van der Waals surface area contributed by atoms with Crippen LogP contribution in [0.15, 0.2) is 52.6 Å². The number of carbonyl (C=O) groups is 1. The van der Waals surface area contributed by atoms with Crippen molar-refractivity contribution < 1.29 is 9.53 Å². The Morgan fingerprint density at radius 2 is 1.89 bits per heavy atom. The maximum atomic E-state index is 13.3. The van der Waals surface area contributed by atoms with E-state index in [2.05, 4.69) is 60.7 Å². The molecule has 1 amide bonds. The Morgan fingerprint density at radius 3 is 2.60 bits per heavy atom. The summed E-state index contributed by atoms with van der Waals surface area (Å²) in [5.74, 6) is 0.485. The van der Waals surface area contributed by atoms with Crippen molar-refractivity contribution in [1.29, 1.82) is 0 Å². The first-order valence-electron chi connectivity index (χ1n) is 10.9. The van der Waals surface area contributed by atoms with Crippen LogP contribution >= 0.6 is 56.5 Å². The van der Waals surface area contributed by atoms with E-state index in [1.165, 1.54) is 11.3 Å². The third-order valence-electron chi connectivity index (χ3n) is 5.89. The monoisotopic (exact) mass is 710 g/mol. The molecule has 178 valence electrons. The minimum atomic E-state index is -0.335. The minimum absolute atomic E-state index is 0.0556. The Balaban J connectivity index is 1.33. The number of benzene rings is 2. The first-order chi connectivity index (χ1) is 17.0. The maximum absolute atomic E-state index is 13.3. The Labute approximate surface area is 232 Å². The summed E-state index contributed by atoms with van der Waals surface area (Å²) in [5, 5.41) is 4.83. The third-order valence-corrected chi connectivity index (χ3v) is 8.69. The van der Waals surface area contributed by atoms with E-state index >= 15 is 0 Å². The van der Waals surface area contributed by atoms with E-state index in [9.17, 15) is 9.59 Å². The number of thiophene rings is 1. The number of halogens is 2. The molecule has 35 heavy (non-hydrogen) atoms. The molecule has 1 aliphatic rings. The lowest BCUT2D eigenvalue weighted by molar-refractivity contribution is 0.0955. The molecule has 2 aromatic heterocycles. The number of ether oxygens (including phenoxy) is 1. The van der Waals surface area contributed by atoms with Gasteiger partial charge < -0.3 is 4.74 Å². The van der Waals surface area contributed by atoms with Gasteiger partial charge in [-0.1, -0.05) is 0 Å². The summed E-state index contributed by atoms with van der Waals surface area (Å²) < 4.78 is 8.85. The molecule has 7 nitrogen and oxygen atoms in total. The highest BCUT2D eigenvalue weighted by Crippen LogP contribution is 2.33. The number of hydrogen-bond donors (Lipinski definition) is 1. The second-order valence-corrected chi connectivity index (χ2v) is 11.5. The topological polar surface area (TPSA) is 85.6 Å². The van der Waals surface area contributed by atoms with E-state index in [1.807, 2.05) is 12.1 Å². The maximum Gasteiger partial charge on any atom is 0.271 e. The Kier molecular flexibility index (Phi) is 7.21. The van der Waals surface area contributed by atoms with Crippen LogP contribution in [0.5, 0.6) is 5.75 Å². The Morgan fingerprint density at radius 1 is 1.17 bits per heavy atom. The van der Waals surface area contributed by atoms with E-state index in [1.54, 1.807) is 59.8 Å². The summed E-state index contributed by atoms with van der Waals surface area (Å²) in [7, 11) is 1.64. The summed E-state index contributed by atoms with van der Waals surface area (Å²) in [5.41, 5.74) is 5.63. The van der Waals surface area contributed by atoms with Crippen LogP contribution in [-0.2, 0) is 12.8 Å². The van der Waals surface area contributed by atoms with Crippen molar-refractivity contribution in [2.24, 2.45) is 5.10 Å². The van der Waals surface area contributed by atoms with Crippen LogP contribution < -0.4 is 15.7 Å². The number of nitrogens with one attached hydrogen (secondary N) is 1. The summed E-state index contributed by atoms with van der Waals surface area (Å²) in [6.45, 7) is 0. The van der Waals surface area contributed by atoms with Gasteiger partial charge in [-0.15, -0.1) is 11.3 Å². The molecule has 0 radical (unpaired) electrons. The van der Waals surface area contributed by atoms with Crippen LogP contribution in [0.3, 0.4) is 0 Å². The van der Waals surface area contributed by atoms with Crippen molar-refractivity contribution in [3.8, 4) is 11.4 Å². The van der Waals surface area contributed by atoms with Gasteiger partial charge in [-0.2, -0.15) is 5.10 Å². The van der Waals surface area contributed by atoms with Crippen molar-refractivity contribution in [3.05, 3.63) is 81.8 Å². The fraction of sp³-hybridized carbons (Fsp3) is 0.200. The van der Waals surface area contributed by atoms with Gasteiger partial charge in [0.1, 0.15) is 16.9 Å². The van der Waals surface area contributed by atoms with Gasteiger partial charge in [-0.25, -0.2) is 10.4 Å². The van der Waals surface area contributed by atoms with E-state index < -0.39 is 0 Å². The molecule has 0 fully saturated rings. The van der Waals surface area contributed by atoms with Crippen LogP contribution in [-0.4, -0.2) is 28.8 Å². The molecule has 5 rings (SSSR count). The normalized spacial score (nSPS) is 13.2. The lowest BCUT2D eigenvalue weighted by Gasteiger charge is -2.10. The zero-order chi connectivity index (χ0) is 24.5. The lowest BCUT2D eigenvalue weighted by Crippen LogP contribution is -2.20. The number of amides is 1. The first kappa shape index (κ1) is 24.4. The molecule has 2 heterocycles. The fourth-order valence-electron chi connectivity index (χ4n) is 4.18. The zero-order valence-corrected chi connectivity index (χ0v) is 23.8. The number of hydrazone groups is 1. The molecule has 0 unspecified atom stereocenters. The quantitative estimate of drug-likeness (QED) is 0.173. The second kappa shape index (κ2) is 10.3. The number of methoxy groups -OCH3 is 1. The number of aromatic nitrogens is 2. The standard InChI is InChI=1S/C25H20I2N4O3S/c1-34-22-18(26)10-14(11-19(22)27)12-29-30-23(32)15-6-8-16(9-7-15)31-13-28-24-21(25(31)33)17-4-2-3-5-20(17)35-24/h6-13H,2-5H2,1H3,(H,30,32)/b29-12-. The number of nitrogens with zero attached hydrogens (tertiary/aromatic N) is 3. The van der Waals surface area contributed by atoms with Gasteiger partial charge in [-0.3, -0.25) is 14.2 Å². The molecule has 4 aromatic rings. The SMILES string of the molecule is COc1c(I)cc(/C=N\NC(=O)c2ccc(-n3cnc4sc5c(c4c3=O)CCCC5)cc2)cc1I. The Bertz CT molecular complexity index is 1500. The van der Waals surface area contributed by atoms with Gasteiger partial charge in [0.2, 0.25) is 0 Å². The molecule has 10 heteroatoms. The highest BCUT2D eigenvalue weighted by atomic mass is 127. The van der Waals surface area contributed by atoms with Gasteiger partial charge in [0.25, 0.3) is 11.5 Å². The lowest BCUT2D eigenvalue weighted by atomic mass is 9.97. The van der Waals surface area contributed by atoms with Crippen LogP contribution in [0, 0.1) is 7.14 Å². The van der Waals surface area contributed by atoms with Crippen LogP contribution in [0.2, 0.25) is 0 Å². The van der Waals surface area contributed by atoms with Crippen molar-refractivity contribution in [3.63, 3.8) is 0 Å². The molecular weight excluding hydrogens is 690 g/mol. The molecule has 1 N–H and O–H groups in total. The highest BCUT2D eigenvalue weighted by molar-refractivity contribution is 14.1. The van der Waals surface area contributed by atoms with Gasteiger partial charge in [0.05, 0.1) is 31.5 Å². The van der Waals surface area contributed by atoms with E-state index in [0.29, 0.717) is 11.3 Å². The summed E-state index contributed by atoms with van der Waals surface area (Å²) in [6.07, 6.45) is 7.40. The second-order valence-electron chi connectivity index (χ2n) is 8.07. The summed E-state index contributed by atoms with van der Waals surface area (Å²) in [6, 6.07) is 10.7. The number of hydrogen-bond acceptors (Lipinski definition) is 6. The third kappa shape index (κ3) is 4.87. The van der Waals surface area contributed by atoms with Gasteiger partial charge >= 0.3 is 0 Å². The number of rotatable bonds is 5. The Hall–Kier alpha value is -2.32. The fourth-order valence-corrected chi connectivity index (χ4v) is 7.66. The summed E-state index contributed by atoms with van der Waals surface area (Å²) >= 11 is 6.04. The average molecular weight is 710 g/mol. The van der Waals surface area contributed by atoms with E-state index in [-0.39, 0.29) is 11.5 Å². The molecular formula is C25H20I2N4O3S. The molecule has 0 saturated carbocycles. The molecule has 2 aromatic carbocycles. The number of carbonyl (C=O) groups excluding carboxylic acids is 1. The van der Waals surface area contributed by atoms with Gasteiger partial charge in [0, 0.05) is 10.4 Å². The van der Waals surface area contributed by atoms with E-state index in [0.717, 1.165) is 53.5 Å².